The molecule has 2 nitrogen and oxygen atoms in total. The lowest BCUT2D eigenvalue weighted by Crippen LogP contribution is -2.39. The zero-order chi connectivity index (χ0) is 11.1. The van der Waals surface area contributed by atoms with E-state index >= 15 is 0 Å². The van der Waals surface area contributed by atoms with Crippen molar-refractivity contribution in [3.63, 3.8) is 0 Å². The summed E-state index contributed by atoms with van der Waals surface area (Å²) in [5, 5.41) is 9.45. The van der Waals surface area contributed by atoms with Gasteiger partial charge in [0.2, 0.25) is 0 Å². The minimum atomic E-state index is -0.424. The van der Waals surface area contributed by atoms with Crippen molar-refractivity contribution < 1.29 is 9.90 Å². The van der Waals surface area contributed by atoms with Crippen LogP contribution in [0.25, 0.3) is 0 Å². The first-order valence-corrected chi connectivity index (χ1v) is 6.12. The third-order valence-corrected chi connectivity index (χ3v) is 4.56. The first kappa shape index (κ1) is 10.8. The van der Waals surface area contributed by atoms with E-state index in [4.69, 9.17) is 0 Å². The lowest BCUT2D eigenvalue weighted by atomic mass is 9.72. The Labute approximate surface area is 93.9 Å². The predicted molar refractivity (Wildman–Crippen MR) is 61.3 cm³/mol. The fraction of sp³-hybridized carbons (Fsp3) is 0.583. The van der Waals surface area contributed by atoms with Crippen LogP contribution in [0.4, 0.5) is 0 Å². The van der Waals surface area contributed by atoms with Crippen molar-refractivity contribution >= 4 is 17.1 Å². The van der Waals surface area contributed by atoms with Crippen molar-refractivity contribution in [3.8, 4) is 0 Å². The summed E-state index contributed by atoms with van der Waals surface area (Å²) in [6.45, 7) is 4.06. The van der Waals surface area contributed by atoms with Gasteiger partial charge in [0.25, 0.3) is 0 Å². The molecule has 1 heterocycles. The Bertz CT molecular complexity index is 383. The van der Waals surface area contributed by atoms with E-state index in [1.807, 2.05) is 6.92 Å². The number of hydrogen-bond donors (Lipinski definition) is 1. The molecular formula is C12H16O2S. The molecule has 0 amide bonds. The van der Waals surface area contributed by atoms with Gasteiger partial charge < -0.3 is 5.11 Å². The third-order valence-electron chi connectivity index (χ3n) is 3.30. The average molecular weight is 224 g/mol. The number of ketones is 1. The monoisotopic (exact) mass is 224 g/mol. The van der Waals surface area contributed by atoms with Crippen LogP contribution in [0.2, 0.25) is 0 Å². The van der Waals surface area contributed by atoms with Gasteiger partial charge in [-0.2, -0.15) is 0 Å². The molecule has 2 unspecified atom stereocenters. The van der Waals surface area contributed by atoms with E-state index < -0.39 is 6.10 Å². The van der Waals surface area contributed by atoms with Crippen LogP contribution in [-0.2, 0) is 10.2 Å². The van der Waals surface area contributed by atoms with Gasteiger partial charge in [-0.25, -0.2) is 0 Å². The van der Waals surface area contributed by atoms with Gasteiger partial charge in [-0.15, -0.1) is 11.3 Å². The van der Waals surface area contributed by atoms with Crippen LogP contribution in [0, 0.1) is 6.92 Å². The molecule has 1 aromatic heterocycles. The molecule has 3 heteroatoms. The smallest absolute Gasteiger partial charge is 0.146 e. The standard InChI is InChI=1S/C12H16O2S/c1-8-3-4-11(15-8)12(2)6-5-9(13)7-10(12)14/h3-4,9,13H,5-7H2,1-2H3. The van der Waals surface area contributed by atoms with Crippen LogP contribution >= 0.6 is 11.3 Å². The molecule has 0 aliphatic heterocycles. The van der Waals surface area contributed by atoms with Crippen molar-refractivity contribution in [1.82, 2.24) is 0 Å². The normalized spacial score (nSPS) is 31.9. The quantitative estimate of drug-likeness (QED) is 0.795. The summed E-state index contributed by atoms with van der Waals surface area (Å²) in [5.74, 6) is 0.183. The van der Waals surface area contributed by atoms with E-state index in [-0.39, 0.29) is 11.2 Å². The summed E-state index contributed by atoms with van der Waals surface area (Å²) >= 11 is 1.70. The molecule has 2 atom stereocenters. The minimum Gasteiger partial charge on any atom is -0.393 e. The van der Waals surface area contributed by atoms with Gasteiger partial charge in [0.1, 0.15) is 5.78 Å². The Morgan fingerprint density at radius 1 is 1.53 bits per heavy atom. The maximum Gasteiger partial charge on any atom is 0.146 e. The molecular weight excluding hydrogens is 208 g/mol. The summed E-state index contributed by atoms with van der Waals surface area (Å²) in [7, 11) is 0. The molecule has 1 fully saturated rings. The molecule has 82 valence electrons. The molecule has 0 saturated heterocycles. The zero-order valence-electron chi connectivity index (χ0n) is 9.12. The SMILES string of the molecule is Cc1ccc(C2(C)CCC(O)CC2=O)s1. The Hall–Kier alpha value is -0.670. The molecule has 1 saturated carbocycles. The lowest BCUT2D eigenvalue weighted by molar-refractivity contribution is -0.129. The summed E-state index contributed by atoms with van der Waals surface area (Å²) < 4.78 is 0. The molecule has 1 N–H and O–H groups in total. The second kappa shape index (κ2) is 3.72. The Kier molecular flexibility index (Phi) is 2.69. The van der Waals surface area contributed by atoms with Gasteiger partial charge in [-0.05, 0) is 38.8 Å². The van der Waals surface area contributed by atoms with E-state index in [0.29, 0.717) is 6.42 Å². The molecule has 1 aliphatic carbocycles. The first-order chi connectivity index (χ1) is 7.02. The molecule has 1 aromatic rings. The van der Waals surface area contributed by atoms with Gasteiger partial charge >= 0.3 is 0 Å². The largest absolute Gasteiger partial charge is 0.393 e. The molecule has 2 rings (SSSR count). The zero-order valence-corrected chi connectivity index (χ0v) is 9.93. The molecule has 0 radical (unpaired) electrons. The van der Waals surface area contributed by atoms with Crippen LogP contribution < -0.4 is 0 Å². The van der Waals surface area contributed by atoms with Crippen LogP contribution in [0.3, 0.4) is 0 Å². The van der Waals surface area contributed by atoms with Gasteiger partial charge in [0.05, 0.1) is 11.5 Å². The summed E-state index contributed by atoms with van der Waals surface area (Å²) in [5.41, 5.74) is -0.349. The van der Waals surface area contributed by atoms with Crippen molar-refractivity contribution in [2.24, 2.45) is 0 Å². The van der Waals surface area contributed by atoms with Gasteiger partial charge in [-0.1, -0.05) is 0 Å². The molecule has 0 bridgehead atoms. The third kappa shape index (κ3) is 1.86. The number of carbonyl (C=O) groups excluding carboxylic acids is 1. The van der Waals surface area contributed by atoms with Gasteiger partial charge in [0.15, 0.2) is 0 Å². The second-order valence-corrected chi connectivity index (χ2v) is 5.85. The van der Waals surface area contributed by atoms with E-state index in [1.54, 1.807) is 11.3 Å². The Morgan fingerprint density at radius 3 is 2.80 bits per heavy atom. The van der Waals surface area contributed by atoms with Crippen molar-refractivity contribution in [1.29, 1.82) is 0 Å². The number of aliphatic hydroxyl groups excluding tert-OH is 1. The Balaban J connectivity index is 2.30. The average Bonchev–Trinajstić information content (AvgIpc) is 2.60. The van der Waals surface area contributed by atoms with E-state index in [0.717, 1.165) is 17.7 Å². The van der Waals surface area contributed by atoms with Crippen LogP contribution in [-0.4, -0.2) is 17.0 Å². The number of Topliss-reactive ketones (excluding diaryl/α,β-unsaturated/α-hetero) is 1. The highest BCUT2D eigenvalue weighted by Crippen LogP contribution is 2.39. The second-order valence-electron chi connectivity index (χ2n) is 4.56. The number of carbonyl (C=O) groups is 1. The number of aryl methyl sites for hydroxylation is 1. The maximum absolute atomic E-state index is 12.0. The highest BCUT2D eigenvalue weighted by Gasteiger charge is 2.40. The highest BCUT2D eigenvalue weighted by molar-refractivity contribution is 7.12. The number of hydrogen-bond acceptors (Lipinski definition) is 3. The van der Waals surface area contributed by atoms with E-state index in [9.17, 15) is 9.90 Å². The summed E-state index contributed by atoms with van der Waals surface area (Å²) in [4.78, 5) is 14.4. The molecule has 0 aromatic carbocycles. The van der Waals surface area contributed by atoms with E-state index in [1.165, 1.54) is 4.88 Å². The summed E-state index contributed by atoms with van der Waals surface area (Å²) in [6, 6.07) is 4.11. The van der Waals surface area contributed by atoms with Crippen LogP contribution in [0.1, 0.15) is 35.9 Å². The molecule has 15 heavy (non-hydrogen) atoms. The maximum atomic E-state index is 12.0. The Morgan fingerprint density at radius 2 is 2.27 bits per heavy atom. The van der Waals surface area contributed by atoms with Gasteiger partial charge in [-0.3, -0.25) is 4.79 Å². The fourth-order valence-electron chi connectivity index (χ4n) is 2.13. The topological polar surface area (TPSA) is 37.3 Å². The summed E-state index contributed by atoms with van der Waals surface area (Å²) in [6.07, 6.45) is 1.39. The van der Waals surface area contributed by atoms with Crippen molar-refractivity contribution in [3.05, 3.63) is 21.9 Å². The van der Waals surface area contributed by atoms with E-state index in [2.05, 4.69) is 19.1 Å². The van der Waals surface area contributed by atoms with Crippen molar-refractivity contribution in [2.75, 3.05) is 0 Å². The molecule has 0 spiro atoms. The minimum absolute atomic E-state index is 0.183. The number of rotatable bonds is 1. The number of aliphatic hydroxyl groups is 1. The molecule has 1 aliphatic rings. The van der Waals surface area contributed by atoms with Crippen LogP contribution in [0.5, 0.6) is 0 Å². The fourth-order valence-corrected chi connectivity index (χ4v) is 3.19. The lowest BCUT2D eigenvalue weighted by Gasteiger charge is -2.33. The first-order valence-electron chi connectivity index (χ1n) is 5.30. The number of thiophene rings is 1. The highest BCUT2D eigenvalue weighted by atomic mass is 32.1. The predicted octanol–water partition coefficient (Wildman–Crippen LogP) is 2.43. The van der Waals surface area contributed by atoms with Crippen molar-refractivity contribution in [2.45, 2.75) is 44.6 Å². The van der Waals surface area contributed by atoms with Gasteiger partial charge in [0, 0.05) is 16.2 Å². The van der Waals surface area contributed by atoms with Crippen LogP contribution in [0.15, 0.2) is 12.1 Å².